The molecule has 22 heavy (non-hydrogen) atoms. The lowest BCUT2D eigenvalue weighted by Crippen LogP contribution is -2.15. The first-order chi connectivity index (χ1) is 10.5. The number of anilines is 2. The summed E-state index contributed by atoms with van der Waals surface area (Å²) in [7, 11) is 0. The molecule has 1 aliphatic carbocycles. The Bertz CT molecular complexity index is 737. The van der Waals surface area contributed by atoms with Crippen molar-refractivity contribution in [2.24, 2.45) is 5.92 Å². The third-order valence-corrected chi connectivity index (χ3v) is 4.39. The lowest BCUT2D eigenvalue weighted by atomic mass is 10.2. The maximum atomic E-state index is 12.2. The van der Waals surface area contributed by atoms with Crippen molar-refractivity contribution in [1.29, 1.82) is 0 Å². The molecule has 114 valence electrons. The Hall–Kier alpha value is -2.15. The molecule has 3 rings (SSSR count). The van der Waals surface area contributed by atoms with Crippen molar-refractivity contribution in [3.63, 3.8) is 0 Å². The largest absolute Gasteiger partial charge is 0.326 e. The summed E-state index contributed by atoms with van der Waals surface area (Å²) in [6.07, 6.45) is 1.91. The molecular formula is C15H15BrN4O2. The molecule has 0 bridgehead atoms. The topological polar surface area (TPSA) is 86.9 Å². The number of carbonyl (C=O) groups is 2. The summed E-state index contributed by atoms with van der Waals surface area (Å²) >= 11 is 3.32. The van der Waals surface area contributed by atoms with Gasteiger partial charge in [0.05, 0.1) is 4.47 Å². The van der Waals surface area contributed by atoms with E-state index in [1.54, 1.807) is 24.3 Å². The lowest BCUT2D eigenvalue weighted by Gasteiger charge is -2.08. The molecule has 0 aliphatic heterocycles. The summed E-state index contributed by atoms with van der Waals surface area (Å²) < 4.78 is 0.642. The van der Waals surface area contributed by atoms with E-state index in [1.165, 1.54) is 0 Å². The van der Waals surface area contributed by atoms with Gasteiger partial charge in [0.25, 0.3) is 5.91 Å². The van der Waals surface area contributed by atoms with Crippen molar-refractivity contribution >= 4 is 39.1 Å². The van der Waals surface area contributed by atoms with E-state index in [1.807, 2.05) is 6.92 Å². The van der Waals surface area contributed by atoms with Crippen LogP contribution in [0.25, 0.3) is 0 Å². The van der Waals surface area contributed by atoms with Crippen molar-refractivity contribution in [2.75, 3.05) is 10.6 Å². The van der Waals surface area contributed by atoms with Crippen molar-refractivity contribution in [3.8, 4) is 0 Å². The zero-order valence-corrected chi connectivity index (χ0v) is 13.5. The molecule has 1 heterocycles. The molecule has 0 radical (unpaired) electrons. The van der Waals surface area contributed by atoms with Gasteiger partial charge in [0.1, 0.15) is 0 Å². The maximum absolute atomic E-state index is 12.2. The number of carbonyl (C=O) groups excluding carboxylic acids is 2. The highest BCUT2D eigenvalue weighted by molar-refractivity contribution is 9.10. The van der Waals surface area contributed by atoms with Crippen LogP contribution in [0.3, 0.4) is 0 Å². The van der Waals surface area contributed by atoms with Crippen molar-refractivity contribution in [2.45, 2.75) is 19.8 Å². The van der Waals surface area contributed by atoms with Crippen LogP contribution in [0.5, 0.6) is 0 Å². The van der Waals surface area contributed by atoms with Gasteiger partial charge in [-0.3, -0.25) is 14.7 Å². The normalized spacial score (nSPS) is 13.7. The molecule has 7 heteroatoms. The molecule has 1 aromatic heterocycles. The summed E-state index contributed by atoms with van der Waals surface area (Å²) in [5.41, 5.74) is 2.36. The summed E-state index contributed by atoms with van der Waals surface area (Å²) in [6.45, 7) is 1.82. The fourth-order valence-electron chi connectivity index (χ4n) is 2.02. The second-order valence-electron chi connectivity index (χ2n) is 5.31. The summed E-state index contributed by atoms with van der Waals surface area (Å²) in [4.78, 5) is 23.9. The molecular weight excluding hydrogens is 348 g/mol. The SMILES string of the molecule is Cc1[nH]nc(C(=O)Nc2cccc(NC(=O)C3CC3)c2)c1Br. The molecule has 3 N–H and O–H groups in total. The molecule has 1 fully saturated rings. The number of hydrogen-bond donors (Lipinski definition) is 3. The summed E-state index contributed by atoms with van der Waals surface area (Å²) in [5.74, 6) is -0.141. The van der Waals surface area contributed by atoms with E-state index >= 15 is 0 Å². The summed E-state index contributed by atoms with van der Waals surface area (Å²) in [5, 5.41) is 12.3. The molecule has 0 unspecified atom stereocenters. The Labute approximate surface area is 135 Å². The molecule has 1 saturated carbocycles. The Kier molecular flexibility index (Phi) is 3.98. The van der Waals surface area contributed by atoms with Crippen molar-refractivity contribution in [3.05, 3.63) is 40.1 Å². The van der Waals surface area contributed by atoms with E-state index in [4.69, 9.17) is 0 Å². The van der Waals surface area contributed by atoms with Crippen LogP contribution in [0.1, 0.15) is 29.0 Å². The number of nitrogens with zero attached hydrogens (tertiary/aromatic N) is 1. The predicted molar refractivity (Wildman–Crippen MR) is 86.8 cm³/mol. The number of aryl methyl sites for hydroxylation is 1. The average molecular weight is 363 g/mol. The minimum Gasteiger partial charge on any atom is -0.326 e. The van der Waals surface area contributed by atoms with Gasteiger partial charge in [0.2, 0.25) is 5.91 Å². The first-order valence-electron chi connectivity index (χ1n) is 6.97. The van der Waals surface area contributed by atoms with Crippen LogP contribution >= 0.6 is 15.9 Å². The Morgan fingerprint density at radius 1 is 1.27 bits per heavy atom. The van der Waals surface area contributed by atoms with E-state index in [9.17, 15) is 9.59 Å². The highest BCUT2D eigenvalue weighted by Crippen LogP contribution is 2.30. The number of halogens is 1. The Balaban J connectivity index is 1.70. The van der Waals surface area contributed by atoms with E-state index < -0.39 is 0 Å². The van der Waals surface area contributed by atoms with Gasteiger partial charge in [0.15, 0.2) is 5.69 Å². The number of rotatable bonds is 4. The van der Waals surface area contributed by atoms with Crippen LogP contribution in [0.2, 0.25) is 0 Å². The van der Waals surface area contributed by atoms with Crippen LogP contribution in [0.4, 0.5) is 11.4 Å². The maximum Gasteiger partial charge on any atom is 0.277 e. The third kappa shape index (κ3) is 3.19. The molecule has 2 aromatic rings. The number of benzene rings is 1. The van der Waals surface area contributed by atoms with E-state index in [0.717, 1.165) is 18.5 Å². The van der Waals surface area contributed by atoms with Gasteiger partial charge in [-0.1, -0.05) is 6.07 Å². The molecule has 6 nitrogen and oxygen atoms in total. The smallest absolute Gasteiger partial charge is 0.277 e. The molecule has 1 aliphatic rings. The molecule has 0 saturated heterocycles. The Morgan fingerprint density at radius 3 is 2.55 bits per heavy atom. The second kappa shape index (κ2) is 5.92. The van der Waals surface area contributed by atoms with Crippen LogP contribution < -0.4 is 10.6 Å². The van der Waals surface area contributed by atoms with E-state index in [0.29, 0.717) is 21.5 Å². The highest BCUT2D eigenvalue weighted by atomic mass is 79.9. The predicted octanol–water partition coefficient (Wildman–Crippen LogP) is 3.08. The number of H-pyrrole nitrogens is 1. The second-order valence-corrected chi connectivity index (χ2v) is 6.10. The molecule has 2 amide bonds. The first kappa shape index (κ1) is 14.8. The quantitative estimate of drug-likeness (QED) is 0.780. The van der Waals surface area contributed by atoms with Gasteiger partial charge in [-0.25, -0.2) is 0 Å². The highest BCUT2D eigenvalue weighted by Gasteiger charge is 2.29. The van der Waals surface area contributed by atoms with E-state index in [2.05, 4.69) is 36.8 Å². The number of aromatic amines is 1. The zero-order valence-electron chi connectivity index (χ0n) is 11.9. The van der Waals surface area contributed by atoms with Crippen LogP contribution in [-0.4, -0.2) is 22.0 Å². The van der Waals surface area contributed by atoms with Crippen molar-refractivity contribution < 1.29 is 9.59 Å². The lowest BCUT2D eigenvalue weighted by molar-refractivity contribution is -0.117. The minimum atomic E-state index is -0.318. The number of aromatic nitrogens is 2. The Morgan fingerprint density at radius 2 is 1.95 bits per heavy atom. The van der Waals surface area contributed by atoms with Crippen molar-refractivity contribution in [1.82, 2.24) is 10.2 Å². The first-order valence-corrected chi connectivity index (χ1v) is 7.76. The number of hydrogen-bond acceptors (Lipinski definition) is 3. The van der Waals surface area contributed by atoms with Gasteiger partial charge in [-0.2, -0.15) is 5.10 Å². The molecule has 1 aromatic carbocycles. The van der Waals surface area contributed by atoms with Gasteiger partial charge >= 0.3 is 0 Å². The molecule has 0 spiro atoms. The minimum absolute atomic E-state index is 0.0362. The standard InChI is InChI=1S/C15H15BrN4O2/c1-8-12(16)13(20-19-8)15(22)18-11-4-2-3-10(7-11)17-14(21)9-5-6-9/h2-4,7,9H,5-6H2,1H3,(H,17,21)(H,18,22)(H,19,20). The number of amides is 2. The van der Waals surface area contributed by atoms with Gasteiger partial charge < -0.3 is 10.6 Å². The number of nitrogens with one attached hydrogen (secondary N) is 3. The average Bonchev–Trinajstić information content (AvgIpc) is 3.27. The summed E-state index contributed by atoms with van der Waals surface area (Å²) in [6, 6.07) is 7.07. The fourth-order valence-corrected chi connectivity index (χ4v) is 2.38. The zero-order chi connectivity index (χ0) is 15.7. The van der Waals surface area contributed by atoms with Crippen LogP contribution in [0.15, 0.2) is 28.7 Å². The fraction of sp³-hybridized carbons (Fsp3) is 0.267. The van der Waals surface area contributed by atoms with Gasteiger partial charge in [-0.05, 0) is 53.9 Å². The molecule has 0 atom stereocenters. The van der Waals surface area contributed by atoms with E-state index in [-0.39, 0.29) is 17.7 Å². The van der Waals surface area contributed by atoms with Crippen LogP contribution in [-0.2, 0) is 4.79 Å². The van der Waals surface area contributed by atoms with Gasteiger partial charge in [-0.15, -0.1) is 0 Å². The van der Waals surface area contributed by atoms with Gasteiger partial charge in [0, 0.05) is 23.0 Å². The monoisotopic (exact) mass is 362 g/mol. The third-order valence-electron chi connectivity index (χ3n) is 3.42. The van der Waals surface area contributed by atoms with Crippen LogP contribution in [0, 0.1) is 12.8 Å².